The Morgan fingerprint density at radius 1 is 1.07 bits per heavy atom. The molecular weight excluding hydrogens is 206 g/mol. The second kappa shape index (κ2) is 7.15. The van der Waals surface area contributed by atoms with E-state index in [0.29, 0.717) is 5.91 Å². The Balaban J connectivity index is 4.80. The van der Waals surface area contributed by atoms with Crippen molar-refractivity contribution in [3.8, 4) is 0 Å². The summed E-state index contributed by atoms with van der Waals surface area (Å²) in [4.78, 5) is 14.3. The monoisotopic (exact) mass is 231 g/mol. The molecule has 0 aliphatic heterocycles. The molecule has 0 aromatic heterocycles. The van der Waals surface area contributed by atoms with Gasteiger partial charge in [-0.15, -0.1) is 11.8 Å². The number of carbonyl (C=O) groups excluding carboxylic acids is 1. The van der Waals surface area contributed by atoms with Crippen LogP contribution in [0.25, 0.3) is 0 Å². The van der Waals surface area contributed by atoms with Gasteiger partial charge in [-0.05, 0) is 32.4 Å². The van der Waals surface area contributed by atoms with Crippen LogP contribution in [0.3, 0.4) is 0 Å². The van der Waals surface area contributed by atoms with E-state index in [2.05, 4.69) is 20.8 Å². The first kappa shape index (κ1) is 14.8. The van der Waals surface area contributed by atoms with Gasteiger partial charge in [-0.1, -0.05) is 20.8 Å². The second-order valence-electron chi connectivity index (χ2n) is 3.61. The highest BCUT2D eigenvalue weighted by atomic mass is 32.2. The fraction of sp³-hybridized carbons (Fsp3) is 0.917. The lowest BCUT2D eigenvalue weighted by molar-refractivity contribution is -0.133. The molecule has 0 aromatic rings. The van der Waals surface area contributed by atoms with Crippen LogP contribution in [0.15, 0.2) is 0 Å². The maximum absolute atomic E-state index is 12.4. The summed E-state index contributed by atoms with van der Waals surface area (Å²) in [6.07, 6.45) is 1.86. The Kier molecular flexibility index (Phi) is 7.07. The van der Waals surface area contributed by atoms with E-state index in [0.717, 1.165) is 31.7 Å². The molecule has 1 amide bonds. The zero-order valence-corrected chi connectivity index (χ0v) is 11.6. The first-order valence-corrected chi connectivity index (χ1v) is 7.03. The lowest BCUT2D eigenvalue weighted by Gasteiger charge is -2.34. The summed E-state index contributed by atoms with van der Waals surface area (Å²) in [5.41, 5.74) is 0. The molecule has 0 aromatic carbocycles. The van der Waals surface area contributed by atoms with Crippen LogP contribution in [-0.2, 0) is 4.79 Å². The predicted molar refractivity (Wildman–Crippen MR) is 69.4 cm³/mol. The van der Waals surface area contributed by atoms with Gasteiger partial charge in [-0.3, -0.25) is 4.79 Å². The SMILES string of the molecule is CCSC(CC)(CC)C(=O)N(CC)CC. The number of rotatable bonds is 7. The Bertz CT molecular complexity index is 186. The van der Waals surface area contributed by atoms with Crippen LogP contribution in [0.1, 0.15) is 47.5 Å². The van der Waals surface area contributed by atoms with Crippen LogP contribution < -0.4 is 0 Å². The van der Waals surface area contributed by atoms with Gasteiger partial charge in [0.25, 0.3) is 0 Å². The Hall–Kier alpha value is -0.180. The molecule has 90 valence electrons. The van der Waals surface area contributed by atoms with Crippen LogP contribution in [-0.4, -0.2) is 34.4 Å². The standard InChI is InChI=1S/C12H25NOS/c1-6-12(7-2,15-10-5)11(14)13(8-3)9-4/h6-10H2,1-5H3. The minimum Gasteiger partial charge on any atom is -0.342 e. The first-order chi connectivity index (χ1) is 7.11. The first-order valence-electron chi connectivity index (χ1n) is 6.05. The third kappa shape index (κ3) is 3.40. The average Bonchev–Trinajstić information content (AvgIpc) is 2.27. The lowest BCUT2D eigenvalue weighted by atomic mass is 10.0. The molecule has 0 radical (unpaired) electrons. The third-order valence-corrected chi connectivity index (χ3v) is 4.60. The van der Waals surface area contributed by atoms with E-state index in [1.807, 2.05) is 18.7 Å². The minimum atomic E-state index is -0.180. The zero-order chi connectivity index (χ0) is 11.9. The van der Waals surface area contributed by atoms with Crippen molar-refractivity contribution in [2.45, 2.75) is 52.2 Å². The van der Waals surface area contributed by atoms with Crippen molar-refractivity contribution in [3.63, 3.8) is 0 Å². The molecular formula is C12H25NOS. The van der Waals surface area contributed by atoms with E-state index < -0.39 is 0 Å². The molecule has 3 heteroatoms. The summed E-state index contributed by atoms with van der Waals surface area (Å²) < 4.78 is -0.180. The number of thioether (sulfide) groups is 1. The predicted octanol–water partition coefficient (Wildman–Crippen LogP) is 3.17. The van der Waals surface area contributed by atoms with Gasteiger partial charge >= 0.3 is 0 Å². The second-order valence-corrected chi connectivity index (χ2v) is 5.26. The van der Waals surface area contributed by atoms with Crippen LogP contribution in [0.4, 0.5) is 0 Å². The summed E-state index contributed by atoms with van der Waals surface area (Å²) in [5, 5.41) is 0. The fourth-order valence-corrected chi connectivity index (χ4v) is 3.11. The highest BCUT2D eigenvalue weighted by Gasteiger charge is 2.37. The van der Waals surface area contributed by atoms with Crippen LogP contribution in [0.5, 0.6) is 0 Å². The molecule has 15 heavy (non-hydrogen) atoms. The van der Waals surface area contributed by atoms with Gasteiger partial charge in [-0.25, -0.2) is 0 Å². The molecule has 0 fully saturated rings. The van der Waals surface area contributed by atoms with Gasteiger partial charge in [0.1, 0.15) is 0 Å². The van der Waals surface area contributed by atoms with Crippen molar-refractivity contribution < 1.29 is 4.79 Å². The highest BCUT2D eigenvalue weighted by Crippen LogP contribution is 2.34. The van der Waals surface area contributed by atoms with Gasteiger partial charge in [0, 0.05) is 13.1 Å². The maximum atomic E-state index is 12.4. The summed E-state index contributed by atoms with van der Waals surface area (Å²) >= 11 is 1.80. The van der Waals surface area contributed by atoms with Crippen molar-refractivity contribution in [1.82, 2.24) is 4.90 Å². The van der Waals surface area contributed by atoms with Crippen LogP contribution in [0.2, 0.25) is 0 Å². The molecule has 0 aliphatic rings. The van der Waals surface area contributed by atoms with Gasteiger partial charge in [-0.2, -0.15) is 0 Å². The largest absolute Gasteiger partial charge is 0.342 e. The van der Waals surface area contributed by atoms with E-state index in [1.54, 1.807) is 11.8 Å². The lowest BCUT2D eigenvalue weighted by Crippen LogP contribution is -2.46. The fourth-order valence-electron chi connectivity index (χ4n) is 1.89. The summed E-state index contributed by atoms with van der Waals surface area (Å²) in [6.45, 7) is 12.1. The molecule has 0 unspecified atom stereocenters. The van der Waals surface area contributed by atoms with Crippen LogP contribution >= 0.6 is 11.8 Å². The van der Waals surface area contributed by atoms with E-state index >= 15 is 0 Å². The van der Waals surface area contributed by atoms with Crippen molar-refractivity contribution in [2.75, 3.05) is 18.8 Å². The van der Waals surface area contributed by atoms with Gasteiger partial charge in [0.15, 0.2) is 0 Å². The number of carbonyl (C=O) groups is 1. The summed E-state index contributed by atoms with van der Waals surface area (Å²) in [5.74, 6) is 1.33. The molecule has 0 aliphatic carbocycles. The molecule has 0 bridgehead atoms. The Morgan fingerprint density at radius 3 is 1.80 bits per heavy atom. The average molecular weight is 231 g/mol. The minimum absolute atomic E-state index is 0.180. The molecule has 0 spiro atoms. The van der Waals surface area contributed by atoms with E-state index in [1.165, 1.54) is 0 Å². The number of nitrogens with zero attached hydrogens (tertiary/aromatic N) is 1. The topological polar surface area (TPSA) is 20.3 Å². The smallest absolute Gasteiger partial charge is 0.238 e. The molecule has 0 saturated carbocycles. The molecule has 0 heterocycles. The van der Waals surface area contributed by atoms with Crippen molar-refractivity contribution in [3.05, 3.63) is 0 Å². The maximum Gasteiger partial charge on any atom is 0.238 e. The molecule has 0 rings (SSSR count). The third-order valence-electron chi connectivity index (χ3n) is 3.00. The van der Waals surface area contributed by atoms with E-state index in [-0.39, 0.29) is 4.75 Å². The normalized spacial score (nSPS) is 11.5. The van der Waals surface area contributed by atoms with Gasteiger partial charge < -0.3 is 4.90 Å². The van der Waals surface area contributed by atoms with Crippen molar-refractivity contribution >= 4 is 17.7 Å². The summed E-state index contributed by atoms with van der Waals surface area (Å²) in [7, 11) is 0. The summed E-state index contributed by atoms with van der Waals surface area (Å²) in [6, 6.07) is 0. The quantitative estimate of drug-likeness (QED) is 0.671. The molecule has 2 nitrogen and oxygen atoms in total. The van der Waals surface area contributed by atoms with Crippen molar-refractivity contribution in [1.29, 1.82) is 0 Å². The van der Waals surface area contributed by atoms with Crippen LogP contribution in [0, 0.1) is 0 Å². The van der Waals surface area contributed by atoms with Gasteiger partial charge in [0.05, 0.1) is 4.75 Å². The molecule has 0 atom stereocenters. The van der Waals surface area contributed by atoms with Gasteiger partial charge in [0.2, 0.25) is 5.91 Å². The Labute approximate surface area is 98.8 Å². The number of hydrogen-bond donors (Lipinski definition) is 0. The highest BCUT2D eigenvalue weighted by molar-refractivity contribution is 8.01. The van der Waals surface area contributed by atoms with E-state index in [4.69, 9.17) is 0 Å². The molecule has 0 N–H and O–H groups in total. The molecule has 0 saturated heterocycles. The number of hydrogen-bond acceptors (Lipinski definition) is 2. The Morgan fingerprint density at radius 2 is 1.53 bits per heavy atom. The zero-order valence-electron chi connectivity index (χ0n) is 10.8. The number of amides is 1. The van der Waals surface area contributed by atoms with E-state index in [9.17, 15) is 4.79 Å². The van der Waals surface area contributed by atoms with Crippen molar-refractivity contribution in [2.24, 2.45) is 0 Å².